The molecule has 3 N–H and O–H groups in total. The second-order valence-corrected chi connectivity index (χ2v) is 3.38. The molecule has 0 aromatic heterocycles. The van der Waals surface area contributed by atoms with Gasteiger partial charge in [0.2, 0.25) is 5.91 Å². The number of amides is 1. The Balaban J connectivity index is 4.26. The van der Waals surface area contributed by atoms with Crippen LogP contribution in [0.4, 0.5) is 8.78 Å². The molecule has 0 rings (SSSR count). The van der Waals surface area contributed by atoms with E-state index < -0.39 is 13.0 Å². The lowest BCUT2D eigenvalue weighted by atomic mass is 10.1. The third-order valence-corrected chi connectivity index (χ3v) is 2.06. The summed E-state index contributed by atoms with van der Waals surface area (Å²) < 4.78 is 24.2. The first-order chi connectivity index (χ1) is 7.02. The predicted octanol–water partition coefficient (Wildman–Crippen LogP) is 0.0573. The zero-order chi connectivity index (χ0) is 11.8. The van der Waals surface area contributed by atoms with Gasteiger partial charge in [-0.3, -0.25) is 4.79 Å². The van der Waals surface area contributed by atoms with Crippen molar-refractivity contribution >= 4 is 5.91 Å². The number of carbonyl (C=O) groups is 1. The molecule has 0 saturated carbocycles. The van der Waals surface area contributed by atoms with Gasteiger partial charge < -0.3 is 15.7 Å². The van der Waals surface area contributed by atoms with Crippen LogP contribution in [0.2, 0.25) is 0 Å². The van der Waals surface area contributed by atoms with Gasteiger partial charge in [-0.15, -0.1) is 0 Å². The van der Waals surface area contributed by atoms with Crippen molar-refractivity contribution in [3.63, 3.8) is 0 Å². The molecular formula is C9H18F2N2O2. The third-order valence-electron chi connectivity index (χ3n) is 2.06. The van der Waals surface area contributed by atoms with Crippen molar-refractivity contribution < 1.29 is 18.7 Å². The molecule has 0 aromatic rings. The van der Waals surface area contributed by atoms with Gasteiger partial charge in [0.15, 0.2) is 0 Å². The fourth-order valence-electron chi connectivity index (χ4n) is 1.26. The Hall–Kier alpha value is -0.750. The molecule has 0 aliphatic rings. The second kappa shape index (κ2) is 7.53. The summed E-state index contributed by atoms with van der Waals surface area (Å²) in [5.41, 5.74) is 5.27. The maximum atomic E-state index is 12.1. The van der Waals surface area contributed by atoms with E-state index >= 15 is 0 Å². The van der Waals surface area contributed by atoms with Crippen molar-refractivity contribution in [3.8, 4) is 0 Å². The molecule has 90 valence electrons. The van der Waals surface area contributed by atoms with Crippen LogP contribution in [0.15, 0.2) is 0 Å². The molecule has 0 radical (unpaired) electrons. The average molecular weight is 224 g/mol. The first kappa shape index (κ1) is 14.2. The van der Waals surface area contributed by atoms with Crippen LogP contribution < -0.4 is 5.73 Å². The monoisotopic (exact) mass is 224 g/mol. The fraction of sp³-hybridized carbons (Fsp3) is 0.889. The number of rotatable bonds is 7. The molecule has 0 aromatic carbocycles. The molecule has 0 heterocycles. The van der Waals surface area contributed by atoms with E-state index in [1.807, 2.05) is 0 Å². The van der Waals surface area contributed by atoms with E-state index in [-0.39, 0.29) is 25.0 Å². The Morgan fingerprint density at radius 2 is 2.13 bits per heavy atom. The van der Waals surface area contributed by atoms with Crippen LogP contribution in [0.25, 0.3) is 0 Å². The number of nitrogens with zero attached hydrogens (tertiary/aromatic N) is 1. The van der Waals surface area contributed by atoms with Crippen molar-refractivity contribution in [2.45, 2.75) is 19.8 Å². The first-order valence-electron chi connectivity index (χ1n) is 4.90. The Bertz CT molecular complexity index is 191. The van der Waals surface area contributed by atoms with Crippen molar-refractivity contribution in [1.29, 1.82) is 0 Å². The highest BCUT2D eigenvalue weighted by Gasteiger charge is 2.22. The quantitative estimate of drug-likeness (QED) is 0.642. The number of carbonyl (C=O) groups excluding carboxylic acids is 1. The number of halogens is 2. The van der Waals surface area contributed by atoms with E-state index in [9.17, 15) is 13.6 Å². The summed E-state index contributed by atoms with van der Waals surface area (Å²) in [4.78, 5) is 12.6. The highest BCUT2D eigenvalue weighted by Crippen LogP contribution is 2.08. The largest absolute Gasteiger partial charge is 0.395 e. The van der Waals surface area contributed by atoms with E-state index in [2.05, 4.69) is 0 Å². The van der Waals surface area contributed by atoms with Gasteiger partial charge in [0, 0.05) is 12.5 Å². The van der Waals surface area contributed by atoms with Crippen LogP contribution in [-0.4, -0.2) is 48.6 Å². The average Bonchev–Trinajstić information content (AvgIpc) is 2.16. The summed E-state index contributed by atoms with van der Waals surface area (Å²) >= 11 is 0. The van der Waals surface area contributed by atoms with Crippen LogP contribution in [-0.2, 0) is 4.79 Å². The fourth-order valence-corrected chi connectivity index (χ4v) is 1.26. The van der Waals surface area contributed by atoms with E-state index in [1.54, 1.807) is 6.92 Å². The standard InChI is InChI=1S/C9H18F2N2O2/c1-7(2-3-12)9(15)13(4-5-14)6-8(10)11/h7-8,14H,2-6,12H2,1H3. The molecule has 4 nitrogen and oxygen atoms in total. The second-order valence-electron chi connectivity index (χ2n) is 3.38. The summed E-state index contributed by atoms with van der Waals surface area (Å²) in [7, 11) is 0. The van der Waals surface area contributed by atoms with Crippen molar-refractivity contribution in [2.75, 3.05) is 26.2 Å². The Morgan fingerprint density at radius 1 is 1.53 bits per heavy atom. The minimum atomic E-state index is -2.58. The number of nitrogens with two attached hydrogens (primary N) is 1. The minimum absolute atomic E-state index is 0.0575. The molecule has 0 bridgehead atoms. The lowest BCUT2D eigenvalue weighted by Gasteiger charge is -2.24. The van der Waals surface area contributed by atoms with Gasteiger partial charge in [-0.05, 0) is 13.0 Å². The molecule has 0 fully saturated rings. The Kier molecular flexibility index (Phi) is 7.15. The van der Waals surface area contributed by atoms with E-state index in [0.717, 1.165) is 4.90 Å². The first-order valence-corrected chi connectivity index (χ1v) is 4.90. The topological polar surface area (TPSA) is 66.6 Å². The summed E-state index contributed by atoms with van der Waals surface area (Å²) in [6.07, 6.45) is -2.12. The number of alkyl halides is 2. The summed E-state index contributed by atoms with van der Waals surface area (Å²) in [5, 5.41) is 8.65. The Labute approximate surface area is 88.0 Å². The maximum Gasteiger partial charge on any atom is 0.255 e. The highest BCUT2D eigenvalue weighted by molar-refractivity contribution is 5.78. The summed E-state index contributed by atoms with van der Waals surface area (Å²) in [5.74, 6) is -0.755. The zero-order valence-electron chi connectivity index (χ0n) is 8.83. The maximum absolute atomic E-state index is 12.1. The molecule has 0 spiro atoms. The van der Waals surface area contributed by atoms with Gasteiger partial charge >= 0.3 is 0 Å². The van der Waals surface area contributed by atoms with Gasteiger partial charge in [-0.25, -0.2) is 8.78 Å². The van der Waals surface area contributed by atoms with Gasteiger partial charge in [0.25, 0.3) is 6.43 Å². The van der Waals surface area contributed by atoms with Crippen molar-refractivity contribution in [1.82, 2.24) is 4.90 Å². The molecule has 1 unspecified atom stereocenters. The van der Waals surface area contributed by atoms with E-state index in [0.29, 0.717) is 13.0 Å². The van der Waals surface area contributed by atoms with Crippen LogP contribution >= 0.6 is 0 Å². The van der Waals surface area contributed by atoms with Crippen LogP contribution in [0.1, 0.15) is 13.3 Å². The minimum Gasteiger partial charge on any atom is -0.395 e. The molecular weight excluding hydrogens is 206 g/mol. The highest BCUT2D eigenvalue weighted by atomic mass is 19.3. The summed E-state index contributed by atoms with van der Waals surface area (Å²) in [6, 6.07) is 0. The van der Waals surface area contributed by atoms with Gasteiger partial charge in [-0.2, -0.15) is 0 Å². The van der Waals surface area contributed by atoms with Crippen LogP contribution in [0.5, 0.6) is 0 Å². The Morgan fingerprint density at radius 3 is 2.53 bits per heavy atom. The van der Waals surface area contributed by atoms with Gasteiger partial charge in [-0.1, -0.05) is 6.92 Å². The zero-order valence-corrected chi connectivity index (χ0v) is 8.83. The number of hydrogen-bond acceptors (Lipinski definition) is 3. The van der Waals surface area contributed by atoms with Crippen molar-refractivity contribution in [2.24, 2.45) is 11.7 Å². The van der Waals surface area contributed by atoms with E-state index in [1.165, 1.54) is 0 Å². The molecule has 1 amide bonds. The lowest BCUT2D eigenvalue weighted by Crippen LogP contribution is -2.40. The molecule has 15 heavy (non-hydrogen) atoms. The van der Waals surface area contributed by atoms with Crippen LogP contribution in [0.3, 0.4) is 0 Å². The smallest absolute Gasteiger partial charge is 0.255 e. The number of aliphatic hydroxyl groups excluding tert-OH is 1. The molecule has 6 heteroatoms. The molecule has 0 aliphatic heterocycles. The predicted molar refractivity (Wildman–Crippen MR) is 52.5 cm³/mol. The van der Waals surface area contributed by atoms with Crippen molar-refractivity contribution in [3.05, 3.63) is 0 Å². The van der Waals surface area contributed by atoms with E-state index in [4.69, 9.17) is 10.8 Å². The van der Waals surface area contributed by atoms with Gasteiger partial charge in [0.05, 0.1) is 13.2 Å². The molecule has 0 saturated heterocycles. The summed E-state index contributed by atoms with van der Waals surface area (Å²) in [6.45, 7) is 0.986. The third kappa shape index (κ3) is 5.64. The normalized spacial score (nSPS) is 12.9. The molecule has 0 aliphatic carbocycles. The SMILES string of the molecule is CC(CCN)C(=O)N(CCO)CC(F)F. The van der Waals surface area contributed by atoms with Crippen LogP contribution in [0, 0.1) is 5.92 Å². The molecule has 1 atom stereocenters. The number of hydrogen-bond donors (Lipinski definition) is 2. The lowest BCUT2D eigenvalue weighted by molar-refractivity contribution is -0.137. The van der Waals surface area contributed by atoms with Gasteiger partial charge in [0.1, 0.15) is 0 Å². The number of aliphatic hydroxyl groups is 1.